The summed E-state index contributed by atoms with van der Waals surface area (Å²) in [5.74, 6) is 1.80. The molecule has 24 heavy (non-hydrogen) atoms. The summed E-state index contributed by atoms with van der Waals surface area (Å²) < 4.78 is 10.5. The highest BCUT2D eigenvalue weighted by Crippen LogP contribution is 2.23. The van der Waals surface area contributed by atoms with Gasteiger partial charge in [-0.15, -0.1) is 0 Å². The van der Waals surface area contributed by atoms with Gasteiger partial charge in [0.05, 0.1) is 25.1 Å². The largest absolute Gasteiger partial charge is 0.497 e. The lowest BCUT2D eigenvalue weighted by molar-refractivity contribution is 0.394. The van der Waals surface area contributed by atoms with Crippen LogP contribution < -0.4 is 15.0 Å². The normalized spacial score (nSPS) is 11.1. The Balaban J connectivity index is 2.00. The first kappa shape index (κ1) is 16.1. The van der Waals surface area contributed by atoms with Gasteiger partial charge in [0.1, 0.15) is 17.3 Å². The molecule has 0 spiro atoms. The maximum atomic E-state index is 12.1. The summed E-state index contributed by atoms with van der Waals surface area (Å²) in [5.41, 5.74) is 1.20. The third-order valence-corrected chi connectivity index (χ3v) is 3.73. The number of benzene rings is 2. The topological polar surface area (TPSA) is 64.2 Å². The molecule has 3 rings (SSSR count). The summed E-state index contributed by atoms with van der Waals surface area (Å²) in [6.45, 7) is 0. The zero-order valence-corrected chi connectivity index (χ0v) is 13.9. The molecular weight excluding hydrogens is 328 g/mol. The summed E-state index contributed by atoms with van der Waals surface area (Å²) >= 11 is 5.97. The lowest BCUT2D eigenvalue weighted by Crippen LogP contribution is -2.09. The average molecular weight is 343 g/mol. The first-order valence-corrected chi connectivity index (χ1v) is 7.57. The van der Waals surface area contributed by atoms with Crippen molar-refractivity contribution in [3.05, 3.63) is 63.2 Å². The minimum absolute atomic E-state index is 0.209. The second-order valence-corrected chi connectivity index (χ2v) is 5.53. The van der Waals surface area contributed by atoms with Crippen LogP contribution in [0.2, 0.25) is 5.02 Å². The Morgan fingerprint density at radius 1 is 1.04 bits per heavy atom. The molecule has 3 aromatic rings. The molecule has 0 aliphatic heterocycles. The molecule has 0 amide bonds. The molecule has 0 aliphatic carbocycles. The van der Waals surface area contributed by atoms with Crippen LogP contribution in [0.25, 0.3) is 23.1 Å². The molecular formula is C18H15ClN2O3. The van der Waals surface area contributed by atoms with Crippen molar-refractivity contribution in [1.29, 1.82) is 0 Å². The van der Waals surface area contributed by atoms with E-state index >= 15 is 0 Å². The van der Waals surface area contributed by atoms with Crippen LogP contribution in [0.3, 0.4) is 0 Å². The minimum atomic E-state index is -0.209. The smallest absolute Gasteiger partial charge is 0.259 e. The fraction of sp³-hybridized carbons (Fsp3) is 0.111. The molecule has 0 atom stereocenters. The Morgan fingerprint density at radius 3 is 2.42 bits per heavy atom. The van der Waals surface area contributed by atoms with Crippen LogP contribution in [0.15, 0.2) is 41.2 Å². The molecule has 0 unspecified atom stereocenters. The van der Waals surface area contributed by atoms with Crippen molar-refractivity contribution in [2.75, 3.05) is 14.2 Å². The van der Waals surface area contributed by atoms with Gasteiger partial charge < -0.3 is 14.5 Å². The van der Waals surface area contributed by atoms with Crippen molar-refractivity contribution in [3.8, 4) is 11.5 Å². The predicted molar refractivity (Wildman–Crippen MR) is 95.8 cm³/mol. The first-order valence-electron chi connectivity index (χ1n) is 7.20. The third kappa shape index (κ3) is 3.41. The third-order valence-electron chi connectivity index (χ3n) is 3.49. The molecule has 0 saturated heterocycles. The standard InChI is InChI=1S/C18H15ClN2O3/c1-23-13-7-11(8-14(10-13)24-2)3-6-17-20-16-9-12(19)4-5-15(16)18(22)21-17/h3-10H,1-2H3,(H,20,21,22). The van der Waals surface area contributed by atoms with Crippen LogP contribution in [0.4, 0.5) is 0 Å². The van der Waals surface area contributed by atoms with Gasteiger partial charge in [0.25, 0.3) is 5.56 Å². The summed E-state index contributed by atoms with van der Waals surface area (Å²) in [4.78, 5) is 19.3. The zero-order chi connectivity index (χ0) is 17.1. The number of aromatic nitrogens is 2. The Morgan fingerprint density at radius 2 is 1.75 bits per heavy atom. The van der Waals surface area contributed by atoms with Gasteiger partial charge in [0, 0.05) is 11.1 Å². The van der Waals surface area contributed by atoms with Crippen LogP contribution in [-0.4, -0.2) is 24.2 Å². The Bertz CT molecular complexity index is 957. The van der Waals surface area contributed by atoms with E-state index in [-0.39, 0.29) is 5.56 Å². The highest BCUT2D eigenvalue weighted by atomic mass is 35.5. The number of nitrogens with zero attached hydrogens (tertiary/aromatic N) is 1. The Kier molecular flexibility index (Phi) is 4.53. The van der Waals surface area contributed by atoms with E-state index in [2.05, 4.69) is 9.97 Å². The Labute approximate surface area is 143 Å². The maximum absolute atomic E-state index is 12.1. The van der Waals surface area contributed by atoms with Gasteiger partial charge in [-0.1, -0.05) is 17.7 Å². The average Bonchev–Trinajstić information content (AvgIpc) is 2.59. The van der Waals surface area contributed by atoms with Gasteiger partial charge in [-0.2, -0.15) is 0 Å². The number of ether oxygens (including phenoxy) is 2. The molecule has 2 aromatic carbocycles. The molecule has 1 N–H and O–H groups in total. The van der Waals surface area contributed by atoms with E-state index in [0.29, 0.717) is 33.2 Å². The van der Waals surface area contributed by atoms with Gasteiger partial charge in [-0.3, -0.25) is 4.79 Å². The summed E-state index contributed by atoms with van der Waals surface area (Å²) in [5, 5.41) is 1.03. The van der Waals surface area contributed by atoms with Gasteiger partial charge in [-0.05, 0) is 42.0 Å². The number of aromatic amines is 1. The number of halogens is 1. The fourth-order valence-electron chi connectivity index (χ4n) is 2.31. The van der Waals surface area contributed by atoms with Crippen molar-refractivity contribution in [2.24, 2.45) is 0 Å². The first-order chi connectivity index (χ1) is 11.6. The van der Waals surface area contributed by atoms with E-state index in [4.69, 9.17) is 21.1 Å². The van der Waals surface area contributed by atoms with Crippen molar-refractivity contribution in [3.63, 3.8) is 0 Å². The highest BCUT2D eigenvalue weighted by Gasteiger charge is 2.03. The zero-order valence-electron chi connectivity index (χ0n) is 13.2. The van der Waals surface area contributed by atoms with E-state index in [1.807, 2.05) is 18.2 Å². The molecule has 6 heteroatoms. The van der Waals surface area contributed by atoms with Gasteiger partial charge in [-0.25, -0.2) is 4.98 Å². The number of hydrogen-bond acceptors (Lipinski definition) is 4. The number of nitrogens with one attached hydrogen (secondary N) is 1. The molecule has 0 fully saturated rings. The fourth-order valence-corrected chi connectivity index (χ4v) is 2.48. The monoisotopic (exact) mass is 342 g/mol. The molecule has 0 radical (unpaired) electrons. The SMILES string of the molecule is COc1cc(C=Cc2nc3cc(Cl)ccc3c(=O)[nH]2)cc(OC)c1. The van der Waals surface area contributed by atoms with E-state index in [0.717, 1.165) is 5.56 Å². The Hall–Kier alpha value is -2.79. The maximum Gasteiger partial charge on any atom is 0.259 e. The van der Waals surface area contributed by atoms with Crippen LogP contribution in [0.1, 0.15) is 11.4 Å². The summed E-state index contributed by atoms with van der Waals surface area (Å²) in [6, 6.07) is 10.5. The van der Waals surface area contributed by atoms with E-state index in [1.165, 1.54) is 0 Å². The van der Waals surface area contributed by atoms with Gasteiger partial charge >= 0.3 is 0 Å². The number of methoxy groups -OCH3 is 2. The second kappa shape index (κ2) is 6.76. The van der Waals surface area contributed by atoms with Crippen molar-refractivity contribution in [1.82, 2.24) is 9.97 Å². The molecule has 122 valence electrons. The van der Waals surface area contributed by atoms with Gasteiger partial charge in [0.2, 0.25) is 0 Å². The molecule has 1 aromatic heterocycles. The van der Waals surface area contributed by atoms with Crippen LogP contribution in [0.5, 0.6) is 11.5 Å². The quantitative estimate of drug-likeness (QED) is 0.784. The number of hydrogen-bond donors (Lipinski definition) is 1. The van der Waals surface area contributed by atoms with Crippen molar-refractivity contribution < 1.29 is 9.47 Å². The predicted octanol–water partition coefficient (Wildman–Crippen LogP) is 3.76. The molecule has 1 heterocycles. The number of rotatable bonds is 4. The lowest BCUT2D eigenvalue weighted by atomic mass is 10.2. The van der Waals surface area contributed by atoms with Gasteiger partial charge in [0.15, 0.2) is 0 Å². The van der Waals surface area contributed by atoms with Crippen molar-refractivity contribution >= 4 is 34.7 Å². The summed E-state index contributed by atoms with van der Waals surface area (Å²) in [7, 11) is 3.18. The van der Waals surface area contributed by atoms with Crippen LogP contribution in [0, 0.1) is 0 Å². The van der Waals surface area contributed by atoms with Crippen molar-refractivity contribution in [2.45, 2.75) is 0 Å². The molecule has 5 nitrogen and oxygen atoms in total. The van der Waals surface area contributed by atoms with Crippen LogP contribution in [-0.2, 0) is 0 Å². The minimum Gasteiger partial charge on any atom is -0.497 e. The van der Waals surface area contributed by atoms with E-state index in [1.54, 1.807) is 44.6 Å². The molecule has 0 saturated carbocycles. The lowest BCUT2D eigenvalue weighted by Gasteiger charge is -2.05. The van der Waals surface area contributed by atoms with Crippen LogP contribution >= 0.6 is 11.6 Å². The number of H-pyrrole nitrogens is 1. The highest BCUT2D eigenvalue weighted by molar-refractivity contribution is 6.31. The molecule has 0 bridgehead atoms. The van der Waals surface area contributed by atoms with E-state index in [9.17, 15) is 4.79 Å². The summed E-state index contributed by atoms with van der Waals surface area (Å²) in [6.07, 6.45) is 3.54. The number of fused-ring (bicyclic) bond motifs is 1. The van der Waals surface area contributed by atoms with E-state index < -0.39 is 0 Å². The second-order valence-electron chi connectivity index (χ2n) is 5.09. The molecule has 0 aliphatic rings.